The number of aromatic nitrogens is 1. The molecule has 2 rings (SSSR count). The molecular formula is C15H19N3O2S. The van der Waals surface area contributed by atoms with Crippen molar-refractivity contribution in [2.45, 2.75) is 19.9 Å². The molecule has 1 heterocycles. The lowest BCUT2D eigenvalue weighted by Gasteiger charge is -2.13. The summed E-state index contributed by atoms with van der Waals surface area (Å²) in [5.41, 5.74) is 9.00. The Morgan fingerprint density at radius 3 is 2.57 bits per heavy atom. The maximum atomic E-state index is 12.2. The van der Waals surface area contributed by atoms with Crippen LogP contribution >= 0.6 is 0 Å². The Bertz CT molecular complexity index is 700. The Morgan fingerprint density at radius 1 is 1.19 bits per heavy atom. The number of pyridine rings is 1. The smallest absolute Gasteiger partial charge is 0.233 e. The molecule has 0 amide bonds. The predicted molar refractivity (Wildman–Crippen MR) is 84.4 cm³/mol. The number of nitrogens with two attached hydrogens (primary N) is 1. The van der Waals surface area contributed by atoms with Gasteiger partial charge >= 0.3 is 0 Å². The monoisotopic (exact) mass is 305 g/mol. The van der Waals surface area contributed by atoms with Crippen LogP contribution in [0.2, 0.25) is 0 Å². The van der Waals surface area contributed by atoms with Gasteiger partial charge in [-0.25, -0.2) is 8.42 Å². The SMILES string of the molecule is Cc1cccc(NS(=O)(=O)CCc2ccncc2)c1CN. The van der Waals surface area contributed by atoms with E-state index in [1.54, 1.807) is 18.5 Å². The maximum absolute atomic E-state index is 12.2. The average molecular weight is 305 g/mol. The van der Waals surface area contributed by atoms with Crippen molar-refractivity contribution >= 4 is 15.7 Å². The Balaban J connectivity index is 2.09. The summed E-state index contributed by atoms with van der Waals surface area (Å²) in [6.45, 7) is 2.21. The van der Waals surface area contributed by atoms with E-state index in [4.69, 9.17) is 5.73 Å². The highest BCUT2D eigenvalue weighted by molar-refractivity contribution is 7.92. The van der Waals surface area contributed by atoms with E-state index in [0.717, 1.165) is 16.7 Å². The molecule has 0 fully saturated rings. The van der Waals surface area contributed by atoms with Crippen molar-refractivity contribution in [3.05, 3.63) is 59.4 Å². The molecule has 21 heavy (non-hydrogen) atoms. The molecule has 0 atom stereocenters. The number of benzene rings is 1. The first-order valence-electron chi connectivity index (χ1n) is 6.70. The Kier molecular flexibility index (Phi) is 4.93. The summed E-state index contributed by atoms with van der Waals surface area (Å²) in [5, 5.41) is 0. The summed E-state index contributed by atoms with van der Waals surface area (Å²) < 4.78 is 27.0. The quantitative estimate of drug-likeness (QED) is 0.852. The highest BCUT2D eigenvalue weighted by atomic mass is 32.2. The molecule has 0 saturated heterocycles. The predicted octanol–water partition coefficient (Wildman–Crippen LogP) is 1.83. The molecule has 0 unspecified atom stereocenters. The molecule has 6 heteroatoms. The van der Waals surface area contributed by atoms with Gasteiger partial charge in [0.1, 0.15) is 0 Å². The van der Waals surface area contributed by atoms with Crippen LogP contribution in [0, 0.1) is 6.92 Å². The van der Waals surface area contributed by atoms with Crippen molar-refractivity contribution in [1.82, 2.24) is 4.98 Å². The van der Waals surface area contributed by atoms with E-state index in [-0.39, 0.29) is 5.75 Å². The summed E-state index contributed by atoms with van der Waals surface area (Å²) in [6, 6.07) is 9.09. The third-order valence-electron chi connectivity index (χ3n) is 3.29. The second kappa shape index (κ2) is 6.69. The van der Waals surface area contributed by atoms with Gasteiger partial charge in [-0.15, -0.1) is 0 Å². The summed E-state index contributed by atoms with van der Waals surface area (Å²) in [4.78, 5) is 3.91. The van der Waals surface area contributed by atoms with Crippen molar-refractivity contribution in [3.63, 3.8) is 0 Å². The minimum Gasteiger partial charge on any atom is -0.326 e. The van der Waals surface area contributed by atoms with Crippen molar-refractivity contribution < 1.29 is 8.42 Å². The van der Waals surface area contributed by atoms with Gasteiger partial charge in [-0.3, -0.25) is 9.71 Å². The first kappa shape index (κ1) is 15.5. The Labute approximate surface area is 125 Å². The molecule has 0 aliphatic rings. The lowest BCUT2D eigenvalue weighted by molar-refractivity contribution is 0.600. The number of rotatable bonds is 6. The first-order valence-corrected chi connectivity index (χ1v) is 8.35. The molecule has 0 bridgehead atoms. The second-order valence-corrected chi connectivity index (χ2v) is 6.67. The van der Waals surface area contributed by atoms with Crippen LogP contribution in [0.3, 0.4) is 0 Å². The van der Waals surface area contributed by atoms with Gasteiger partial charge in [0.2, 0.25) is 10.0 Å². The third kappa shape index (κ3) is 4.27. The van der Waals surface area contributed by atoms with Gasteiger partial charge in [-0.2, -0.15) is 0 Å². The van der Waals surface area contributed by atoms with Crippen LogP contribution in [-0.2, 0) is 23.0 Å². The Hall–Kier alpha value is -1.92. The molecule has 3 N–H and O–H groups in total. The summed E-state index contributed by atoms with van der Waals surface area (Å²) in [7, 11) is -3.41. The van der Waals surface area contributed by atoms with Gasteiger partial charge < -0.3 is 5.73 Å². The fraction of sp³-hybridized carbons (Fsp3) is 0.267. The van der Waals surface area contributed by atoms with Crippen LogP contribution in [0.15, 0.2) is 42.7 Å². The van der Waals surface area contributed by atoms with Gasteiger partial charge in [0.15, 0.2) is 0 Å². The van der Waals surface area contributed by atoms with Gasteiger partial charge in [0, 0.05) is 18.9 Å². The standard InChI is InChI=1S/C15H19N3O2S/c1-12-3-2-4-15(14(12)11-16)18-21(19,20)10-7-13-5-8-17-9-6-13/h2-6,8-9,18H,7,10-11,16H2,1H3. The maximum Gasteiger partial charge on any atom is 0.233 e. The number of aryl methyl sites for hydroxylation is 2. The van der Waals surface area contributed by atoms with Crippen molar-refractivity contribution in [1.29, 1.82) is 0 Å². The van der Waals surface area contributed by atoms with Gasteiger partial charge in [-0.1, -0.05) is 12.1 Å². The number of hydrogen-bond acceptors (Lipinski definition) is 4. The highest BCUT2D eigenvalue weighted by Gasteiger charge is 2.13. The van der Waals surface area contributed by atoms with Crippen LogP contribution in [0.5, 0.6) is 0 Å². The summed E-state index contributed by atoms with van der Waals surface area (Å²) >= 11 is 0. The van der Waals surface area contributed by atoms with Crippen LogP contribution in [0.4, 0.5) is 5.69 Å². The average Bonchev–Trinajstić information content (AvgIpc) is 2.46. The highest BCUT2D eigenvalue weighted by Crippen LogP contribution is 2.20. The van der Waals surface area contributed by atoms with Crippen LogP contribution in [0.1, 0.15) is 16.7 Å². The van der Waals surface area contributed by atoms with E-state index in [1.807, 2.05) is 31.2 Å². The third-order valence-corrected chi connectivity index (χ3v) is 4.56. The molecule has 5 nitrogen and oxygen atoms in total. The summed E-state index contributed by atoms with van der Waals surface area (Å²) in [6.07, 6.45) is 3.76. The minimum absolute atomic E-state index is 0.0228. The number of sulfonamides is 1. The van der Waals surface area contributed by atoms with Gasteiger partial charge in [0.05, 0.1) is 11.4 Å². The topological polar surface area (TPSA) is 85.1 Å². The molecule has 0 spiro atoms. The molecule has 2 aromatic rings. The second-order valence-electron chi connectivity index (χ2n) is 4.83. The number of nitrogens with zero attached hydrogens (tertiary/aromatic N) is 1. The molecule has 0 radical (unpaired) electrons. The van der Waals surface area contributed by atoms with E-state index in [0.29, 0.717) is 18.7 Å². The molecule has 112 valence electrons. The van der Waals surface area contributed by atoms with Crippen LogP contribution in [0.25, 0.3) is 0 Å². The number of hydrogen-bond donors (Lipinski definition) is 2. The fourth-order valence-corrected chi connectivity index (χ4v) is 3.22. The fourth-order valence-electron chi connectivity index (χ4n) is 2.09. The van der Waals surface area contributed by atoms with Gasteiger partial charge in [0.25, 0.3) is 0 Å². The lowest BCUT2D eigenvalue weighted by Crippen LogP contribution is -2.20. The molecular weight excluding hydrogens is 286 g/mol. The summed E-state index contributed by atoms with van der Waals surface area (Å²) in [5.74, 6) is 0.0228. The molecule has 0 aliphatic carbocycles. The van der Waals surface area contributed by atoms with Crippen molar-refractivity contribution in [2.24, 2.45) is 5.73 Å². The molecule has 1 aromatic carbocycles. The number of nitrogens with one attached hydrogen (secondary N) is 1. The van der Waals surface area contributed by atoms with E-state index in [2.05, 4.69) is 9.71 Å². The van der Waals surface area contributed by atoms with E-state index in [9.17, 15) is 8.42 Å². The largest absolute Gasteiger partial charge is 0.326 e. The Morgan fingerprint density at radius 2 is 1.90 bits per heavy atom. The molecule has 0 saturated carbocycles. The van der Waals surface area contributed by atoms with E-state index < -0.39 is 10.0 Å². The normalized spacial score (nSPS) is 11.3. The van der Waals surface area contributed by atoms with E-state index >= 15 is 0 Å². The zero-order valence-electron chi connectivity index (χ0n) is 11.9. The minimum atomic E-state index is -3.41. The van der Waals surface area contributed by atoms with E-state index in [1.165, 1.54) is 0 Å². The van der Waals surface area contributed by atoms with Crippen molar-refractivity contribution in [2.75, 3.05) is 10.5 Å². The van der Waals surface area contributed by atoms with Gasteiger partial charge in [-0.05, 0) is 48.2 Å². The van der Waals surface area contributed by atoms with Crippen molar-refractivity contribution in [3.8, 4) is 0 Å². The first-order chi connectivity index (χ1) is 10.0. The lowest BCUT2D eigenvalue weighted by atomic mass is 10.1. The molecule has 1 aromatic heterocycles. The van der Waals surface area contributed by atoms with Crippen LogP contribution in [-0.4, -0.2) is 19.2 Å². The zero-order valence-corrected chi connectivity index (χ0v) is 12.7. The number of anilines is 1. The zero-order chi connectivity index (χ0) is 15.3. The molecule has 0 aliphatic heterocycles. The van der Waals surface area contributed by atoms with Crippen LogP contribution < -0.4 is 10.5 Å².